The summed E-state index contributed by atoms with van der Waals surface area (Å²) in [6, 6.07) is 18.3. The molecular weight excluding hydrogens is 714 g/mol. The lowest BCUT2D eigenvalue weighted by Gasteiger charge is -2.62. The van der Waals surface area contributed by atoms with Crippen LogP contribution in [0.2, 0.25) is 0 Å². The molecule has 3 saturated carbocycles. The lowest BCUT2D eigenvalue weighted by atomic mass is 9.45. The highest BCUT2D eigenvalue weighted by Gasteiger charge is 2.57. The molecule has 302 valence electrons. The van der Waals surface area contributed by atoms with Crippen molar-refractivity contribution in [2.24, 2.45) is 29.1 Å². The van der Waals surface area contributed by atoms with E-state index in [4.69, 9.17) is 9.57 Å². The van der Waals surface area contributed by atoms with E-state index in [-0.39, 0.29) is 47.1 Å². The maximum absolute atomic E-state index is 14.2. The number of fused-ring (bicyclic) bond motifs is 2. The van der Waals surface area contributed by atoms with E-state index in [0.717, 1.165) is 12.0 Å². The number of likely N-dealkylation sites (N-methyl/N-ethyl adjacent to an activating group) is 1. The maximum Gasteiger partial charge on any atom is 0.270 e. The summed E-state index contributed by atoms with van der Waals surface area (Å²) in [7, 11) is 5.33. The van der Waals surface area contributed by atoms with Crippen LogP contribution in [0.3, 0.4) is 0 Å². The highest BCUT2D eigenvalue weighted by Crippen LogP contribution is 2.61. The van der Waals surface area contributed by atoms with Gasteiger partial charge in [0, 0.05) is 53.4 Å². The van der Waals surface area contributed by atoms with Gasteiger partial charge in [0.25, 0.3) is 11.6 Å². The maximum atomic E-state index is 14.2. The number of rotatable bonds is 15. The minimum atomic E-state index is -0.961. The van der Waals surface area contributed by atoms with Gasteiger partial charge in [-0.05, 0) is 80.6 Å². The van der Waals surface area contributed by atoms with E-state index in [1.165, 1.54) is 30.7 Å². The van der Waals surface area contributed by atoms with Gasteiger partial charge in [0.1, 0.15) is 17.9 Å². The van der Waals surface area contributed by atoms with Gasteiger partial charge < -0.3 is 30.5 Å². The molecule has 56 heavy (non-hydrogen) atoms. The number of aliphatic hydroxyl groups excluding tert-OH is 2. The molecule has 13 nitrogen and oxygen atoms in total. The third-order valence-electron chi connectivity index (χ3n) is 12.6. The molecule has 4 aliphatic rings. The fourth-order valence-corrected chi connectivity index (χ4v) is 9.60. The van der Waals surface area contributed by atoms with Crippen molar-refractivity contribution >= 4 is 17.5 Å². The molecule has 1 unspecified atom stereocenters. The first kappa shape index (κ1) is 41.2. The summed E-state index contributed by atoms with van der Waals surface area (Å²) in [6.07, 6.45) is 0.838. The van der Waals surface area contributed by atoms with Crippen LogP contribution in [0.15, 0.2) is 66.7 Å². The number of hydroxylamine groups is 2. The number of carbonyl (C=O) groups excluding carboxylic acids is 2. The molecule has 7 rings (SSSR count). The predicted molar refractivity (Wildman–Crippen MR) is 213 cm³/mol. The highest BCUT2D eigenvalue weighted by atomic mass is 16.7. The van der Waals surface area contributed by atoms with Gasteiger partial charge in [-0.3, -0.25) is 24.5 Å². The van der Waals surface area contributed by atoms with Gasteiger partial charge in [-0.15, -0.1) is 0 Å². The standard InChI is InChI=1S/C43H57N5O8/c1-25-35-20-31(43(35,3)4)21-36(25)45-42(52)39-38(26(2)50)37(24-49)56-47(39)22-28-14-11-15-34(40(28)55-7)29-17-30(19-33(18-29)48(53)54)41(51)44-32(23-46(5)6)16-27-12-9-8-10-13-27/h8-15,17-19,25-26,31-32,35-39,49-50H,16,20-24H2,1-7H3,(H,44,51)(H,45,52)/t25-,26-,31+,32?,35-,36-,37-,38+,39-/m0/s1. The monoisotopic (exact) mass is 771 g/mol. The van der Waals surface area contributed by atoms with Crippen molar-refractivity contribution in [1.29, 1.82) is 0 Å². The SMILES string of the molecule is COc1c(CN2O[C@@H](CO)[C@@H]([C@H](C)O)[C@H]2C(=O)N[C@H]2C[C@H]3C[C@@H]([C@@H]2C)C3(C)C)cccc1-c1cc(C(=O)NC(Cc2ccccc2)CN(C)C)cc([N+](=O)[O-])c1. The molecule has 0 aromatic heterocycles. The number of hydrogen-bond donors (Lipinski definition) is 4. The summed E-state index contributed by atoms with van der Waals surface area (Å²) in [6.45, 7) is 8.62. The van der Waals surface area contributed by atoms with Crippen LogP contribution in [0, 0.1) is 39.2 Å². The number of hydrogen-bond acceptors (Lipinski definition) is 10. The van der Waals surface area contributed by atoms with E-state index in [0.29, 0.717) is 47.2 Å². The average Bonchev–Trinajstić information content (AvgIpc) is 3.53. The fourth-order valence-electron chi connectivity index (χ4n) is 9.60. The molecule has 4 N–H and O–H groups in total. The molecule has 3 aliphatic carbocycles. The molecule has 0 spiro atoms. The first-order valence-electron chi connectivity index (χ1n) is 19.6. The van der Waals surface area contributed by atoms with Gasteiger partial charge in [0.05, 0.1) is 31.3 Å². The summed E-state index contributed by atoms with van der Waals surface area (Å²) in [4.78, 5) is 47.9. The zero-order valence-corrected chi connectivity index (χ0v) is 33.5. The molecule has 3 aromatic rings. The fraction of sp³-hybridized carbons (Fsp3) is 0.535. The van der Waals surface area contributed by atoms with Crippen LogP contribution in [0.5, 0.6) is 5.75 Å². The molecule has 9 atom stereocenters. The number of nitrogens with zero attached hydrogens (tertiary/aromatic N) is 3. The third kappa shape index (κ3) is 8.47. The number of para-hydroxylation sites is 1. The second-order valence-corrected chi connectivity index (χ2v) is 16.9. The number of amides is 2. The molecule has 1 heterocycles. The van der Waals surface area contributed by atoms with Gasteiger partial charge in [-0.25, -0.2) is 0 Å². The van der Waals surface area contributed by atoms with Gasteiger partial charge in [0.15, 0.2) is 0 Å². The Labute approximate surface area is 329 Å². The Kier molecular flexibility index (Phi) is 12.5. The van der Waals surface area contributed by atoms with Crippen LogP contribution < -0.4 is 15.4 Å². The number of benzene rings is 3. The van der Waals surface area contributed by atoms with E-state index in [1.54, 1.807) is 25.1 Å². The van der Waals surface area contributed by atoms with Crippen molar-refractivity contribution in [2.75, 3.05) is 34.4 Å². The van der Waals surface area contributed by atoms with E-state index < -0.39 is 41.6 Å². The Bertz CT molecular complexity index is 1890. The highest BCUT2D eigenvalue weighted by molar-refractivity contribution is 5.97. The Hall–Kier alpha value is -4.40. The lowest BCUT2D eigenvalue weighted by Crippen LogP contribution is -2.62. The van der Waals surface area contributed by atoms with Crippen LogP contribution in [0.4, 0.5) is 5.69 Å². The van der Waals surface area contributed by atoms with Gasteiger partial charge in [-0.2, -0.15) is 5.06 Å². The zero-order valence-electron chi connectivity index (χ0n) is 33.5. The molecule has 2 bridgehead atoms. The van der Waals surface area contributed by atoms with Crippen molar-refractivity contribution in [3.63, 3.8) is 0 Å². The van der Waals surface area contributed by atoms with Crippen molar-refractivity contribution in [1.82, 2.24) is 20.6 Å². The Morgan fingerprint density at radius 1 is 1.11 bits per heavy atom. The zero-order chi connectivity index (χ0) is 40.5. The second kappa shape index (κ2) is 17.0. The number of nitrogens with one attached hydrogen (secondary N) is 2. The number of ether oxygens (including phenoxy) is 1. The van der Waals surface area contributed by atoms with E-state index in [9.17, 15) is 29.9 Å². The smallest absolute Gasteiger partial charge is 0.270 e. The van der Waals surface area contributed by atoms with Crippen LogP contribution in [-0.2, 0) is 22.6 Å². The summed E-state index contributed by atoms with van der Waals surface area (Å²) in [5.74, 6) is 0.280. The second-order valence-electron chi connectivity index (χ2n) is 16.9. The molecule has 2 amide bonds. The molecule has 13 heteroatoms. The van der Waals surface area contributed by atoms with Crippen LogP contribution in [0.1, 0.15) is 62.0 Å². The van der Waals surface area contributed by atoms with Gasteiger partial charge >= 0.3 is 0 Å². The number of aliphatic hydroxyl groups is 2. The van der Waals surface area contributed by atoms with Crippen molar-refractivity contribution in [3.05, 3.63) is 93.5 Å². The number of nitro benzene ring substituents is 1. The van der Waals surface area contributed by atoms with Crippen molar-refractivity contribution < 1.29 is 34.3 Å². The molecule has 0 radical (unpaired) electrons. The Morgan fingerprint density at radius 3 is 2.45 bits per heavy atom. The summed E-state index contributed by atoms with van der Waals surface area (Å²) in [5, 5.41) is 41.4. The summed E-state index contributed by atoms with van der Waals surface area (Å²) in [5.41, 5.74) is 2.67. The molecule has 3 aromatic carbocycles. The van der Waals surface area contributed by atoms with E-state index in [1.807, 2.05) is 55.4 Å². The number of carbonyl (C=O) groups is 2. The first-order valence-corrected chi connectivity index (χ1v) is 19.6. The van der Waals surface area contributed by atoms with Gasteiger partial charge in [0.2, 0.25) is 5.91 Å². The number of non-ortho nitro benzene ring substituents is 1. The van der Waals surface area contributed by atoms with Crippen LogP contribution >= 0.6 is 0 Å². The Balaban J connectivity index is 1.28. The molecule has 4 fully saturated rings. The molecule has 1 aliphatic heterocycles. The normalized spacial score (nSPS) is 26.6. The minimum Gasteiger partial charge on any atom is -0.496 e. The topological polar surface area (TPSA) is 167 Å². The minimum absolute atomic E-state index is 0.0152. The number of methoxy groups -OCH3 is 1. The third-order valence-corrected chi connectivity index (χ3v) is 12.6. The predicted octanol–water partition coefficient (Wildman–Crippen LogP) is 4.83. The quantitative estimate of drug-likeness (QED) is 0.124. The first-order chi connectivity index (χ1) is 26.6. The lowest BCUT2D eigenvalue weighted by molar-refractivity contribution is -0.384. The molecular formula is C43H57N5O8. The summed E-state index contributed by atoms with van der Waals surface area (Å²) >= 11 is 0. The van der Waals surface area contributed by atoms with Crippen LogP contribution in [0.25, 0.3) is 11.1 Å². The van der Waals surface area contributed by atoms with E-state index >= 15 is 0 Å². The Morgan fingerprint density at radius 2 is 1.84 bits per heavy atom. The largest absolute Gasteiger partial charge is 0.496 e. The number of nitro groups is 1. The van der Waals surface area contributed by atoms with Crippen LogP contribution in [-0.4, -0.2) is 102 Å². The van der Waals surface area contributed by atoms with Crippen molar-refractivity contribution in [3.8, 4) is 16.9 Å². The molecule has 1 saturated heterocycles. The summed E-state index contributed by atoms with van der Waals surface area (Å²) < 4.78 is 5.95. The average molecular weight is 772 g/mol. The van der Waals surface area contributed by atoms with E-state index in [2.05, 4.69) is 31.4 Å². The van der Waals surface area contributed by atoms with Crippen molar-refractivity contribution in [2.45, 2.75) is 83.8 Å². The van der Waals surface area contributed by atoms with Gasteiger partial charge in [-0.1, -0.05) is 69.3 Å².